The lowest BCUT2D eigenvalue weighted by molar-refractivity contribution is 0.0689. The summed E-state index contributed by atoms with van der Waals surface area (Å²) in [7, 11) is 1.66. The second kappa shape index (κ2) is 4.17. The zero-order chi connectivity index (χ0) is 13.6. The van der Waals surface area contributed by atoms with Crippen LogP contribution in [0.5, 0.6) is 11.5 Å². The van der Waals surface area contributed by atoms with Crippen LogP contribution in [0.3, 0.4) is 0 Å². The Kier molecular flexibility index (Phi) is 2.60. The van der Waals surface area contributed by atoms with E-state index in [4.69, 9.17) is 26.2 Å². The van der Waals surface area contributed by atoms with Gasteiger partial charge in [-0.25, -0.2) is 4.79 Å². The van der Waals surface area contributed by atoms with Gasteiger partial charge < -0.3 is 14.6 Å². The number of carboxylic acid groups (broad SMARTS) is 1. The highest BCUT2D eigenvalue weighted by molar-refractivity contribution is 6.31. The Hall–Kier alpha value is -2.21. The Morgan fingerprint density at radius 3 is 2.89 bits per heavy atom. The van der Waals surface area contributed by atoms with Crippen molar-refractivity contribution < 1.29 is 19.4 Å². The summed E-state index contributed by atoms with van der Waals surface area (Å²) in [5.74, 6) is 0.00241. The van der Waals surface area contributed by atoms with Crippen molar-refractivity contribution in [3.8, 4) is 22.8 Å². The number of aryl methyl sites for hydroxylation is 1. The van der Waals surface area contributed by atoms with Gasteiger partial charge in [-0.1, -0.05) is 11.6 Å². The van der Waals surface area contributed by atoms with Crippen molar-refractivity contribution in [2.45, 2.75) is 0 Å². The molecule has 1 aromatic carbocycles. The minimum Gasteiger partial charge on any atom is -0.476 e. The van der Waals surface area contributed by atoms with Crippen LogP contribution in [0.1, 0.15) is 10.5 Å². The first-order valence-corrected chi connectivity index (χ1v) is 5.81. The van der Waals surface area contributed by atoms with Crippen LogP contribution in [0.15, 0.2) is 18.2 Å². The summed E-state index contributed by atoms with van der Waals surface area (Å²) >= 11 is 6.02. The van der Waals surface area contributed by atoms with E-state index in [2.05, 4.69) is 5.10 Å². The minimum atomic E-state index is -1.09. The number of halogens is 1. The number of carbonyl (C=O) groups is 1. The lowest BCUT2D eigenvalue weighted by Gasteiger charge is -2.06. The van der Waals surface area contributed by atoms with Crippen molar-refractivity contribution in [3.05, 3.63) is 28.9 Å². The quantitative estimate of drug-likeness (QED) is 0.912. The highest BCUT2D eigenvalue weighted by Gasteiger charge is 2.23. The predicted molar refractivity (Wildman–Crippen MR) is 66.7 cm³/mol. The Morgan fingerprint density at radius 2 is 2.21 bits per heavy atom. The number of aromatic carboxylic acids is 1. The van der Waals surface area contributed by atoms with E-state index in [1.165, 1.54) is 10.7 Å². The third kappa shape index (κ3) is 1.90. The molecule has 0 atom stereocenters. The summed E-state index contributed by atoms with van der Waals surface area (Å²) in [4.78, 5) is 10.9. The molecule has 1 aliphatic rings. The van der Waals surface area contributed by atoms with Gasteiger partial charge in [0, 0.05) is 23.7 Å². The fourth-order valence-corrected chi connectivity index (χ4v) is 2.20. The van der Waals surface area contributed by atoms with E-state index in [0.717, 1.165) is 0 Å². The van der Waals surface area contributed by atoms with E-state index in [-0.39, 0.29) is 12.5 Å². The minimum absolute atomic E-state index is 0.0369. The highest BCUT2D eigenvalue weighted by atomic mass is 35.5. The van der Waals surface area contributed by atoms with Crippen LogP contribution in [0.4, 0.5) is 0 Å². The number of hydrogen-bond donors (Lipinski definition) is 1. The second-order valence-corrected chi connectivity index (χ2v) is 4.47. The molecule has 0 amide bonds. The molecular weight excluding hydrogens is 272 g/mol. The van der Waals surface area contributed by atoms with Gasteiger partial charge in [0.05, 0.1) is 5.69 Å². The monoisotopic (exact) mass is 280 g/mol. The van der Waals surface area contributed by atoms with E-state index in [1.54, 1.807) is 19.2 Å². The number of nitrogens with zero attached hydrogens (tertiary/aromatic N) is 2. The fraction of sp³-hybridized carbons (Fsp3) is 0.167. The lowest BCUT2D eigenvalue weighted by atomic mass is 10.1. The van der Waals surface area contributed by atoms with Gasteiger partial charge in [-0.15, -0.1) is 0 Å². The molecule has 0 bridgehead atoms. The molecule has 0 fully saturated rings. The zero-order valence-corrected chi connectivity index (χ0v) is 10.6. The van der Waals surface area contributed by atoms with E-state index in [0.29, 0.717) is 27.8 Å². The molecule has 2 aromatic rings. The fourth-order valence-electron chi connectivity index (χ4n) is 1.99. The summed E-state index contributed by atoms with van der Waals surface area (Å²) in [6, 6.07) is 4.82. The Balaban J connectivity index is 2.20. The molecule has 0 saturated heterocycles. The van der Waals surface area contributed by atoms with Gasteiger partial charge in [0.15, 0.2) is 17.2 Å². The summed E-state index contributed by atoms with van der Waals surface area (Å²) in [5.41, 5.74) is 1.22. The molecular formula is C12H9ClN2O4. The average Bonchev–Trinajstić information content (AvgIpc) is 2.94. The Morgan fingerprint density at radius 1 is 1.42 bits per heavy atom. The number of aromatic nitrogens is 2. The number of rotatable bonds is 2. The third-order valence-corrected chi connectivity index (χ3v) is 3.03. The molecule has 7 heteroatoms. The van der Waals surface area contributed by atoms with Crippen LogP contribution in [0.25, 0.3) is 11.3 Å². The maximum absolute atomic E-state index is 10.9. The first-order chi connectivity index (χ1) is 9.06. The van der Waals surface area contributed by atoms with E-state index in [9.17, 15) is 4.79 Å². The molecule has 0 radical (unpaired) electrons. The molecule has 2 heterocycles. The van der Waals surface area contributed by atoms with E-state index >= 15 is 0 Å². The molecule has 3 rings (SSSR count). The Labute approximate surface area is 113 Å². The van der Waals surface area contributed by atoms with Crippen molar-refractivity contribution in [2.24, 2.45) is 7.05 Å². The van der Waals surface area contributed by atoms with Gasteiger partial charge >= 0.3 is 5.97 Å². The normalized spacial score (nSPS) is 12.7. The van der Waals surface area contributed by atoms with Gasteiger partial charge in [-0.2, -0.15) is 5.10 Å². The van der Waals surface area contributed by atoms with Gasteiger partial charge in [-0.05, 0) is 12.1 Å². The maximum Gasteiger partial charge on any atom is 0.356 e. The van der Waals surface area contributed by atoms with Gasteiger partial charge in [0.25, 0.3) is 0 Å². The second-order valence-electron chi connectivity index (χ2n) is 4.03. The van der Waals surface area contributed by atoms with Crippen molar-refractivity contribution in [1.82, 2.24) is 9.78 Å². The molecule has 98 valence electrons. The van der Waals surface area contributed by atoms with Gasteiger partial charge in [0.1, 0.15) is 0 Å². The van der Waals surface area contributed by atoms with E-state index < -0.39 is 5.97 Å². The van der Waals surface area contributed by atoms with Crippen LogP contribution >= 0.6 is 11.6 Å². The first kappa shape index (κ1) is 11.9. The first-order valence-electron chi connectivity index (χ1n) is 5.43. The lowest BCUT2D eigenvalue weighted by Crippen LogP contribution is -1.99. The summed E-state index contributed by atoms with van der Waals surface area (Å²) < 4.78 is 12.1. The third-order valence-electron chi connectivity index (χ3n) is 2.81. The standard InChI is InChI=1S/C12H9ClN2O4/c1-15-9(4-8(14-15)12(16)17)7-2-6(13)3-10-11(7)19-5-18-10/h2-4H,5H2,1H3,(H,16,17). The number of ether oxygens (including phenoxy) is 2. The van der Waals surface area contributed by atoms with Crippen LogP contribution in [0.2, 0.25) is 5.02 Å². The summed E-state index contributed by atoms with van der Waals surface area (Å²) in [6.45, 7) is 0.117. The number of carboxylic acids is 1. The van der Waals surface area contributed by atoms with Crippen molar-refractivity contribution in [1.29, 1.82) is 0 Å². The molecule has 1 aromatic heterocycles. The molecule has 6 nitrogen and oxygen atoms in total. The smallest absolute Gasteiger partial charge is 0.356 e. The summed E-state index contributed by atoms with van der Waals surface area (Å²) in [5, 5.41) is 13.4. The summed E-state index contributed by atoms with van der Waals surface area (Å²) in [6.07, 6.45) is 0. The topological polar surface area (TPSA) is 73.6 Å². The molecule has 0 spiro atoms. The van der Waals surface area contributed by atoms with Crippen LogP contribution < -0.4 is 9.47 Å². The average molecular weight is 281 g/mol. The van der Waals surface area contributed by atoms with Crippen LogP contribution in [0, 0.1) is 0 Å². The Bertz CT molecular complexity index is 681. The van der Waals surface area contributed by atoms with Crippen molar-refractivity contribution in [2.75, 3.05) is 6.79 Å². The molecule has 1 aliphatic heterocycles. The number of fused-ring (bicyclic) bond motifs is 1. The van der Waals surface area contributed by atoms with Gasteiger partial charge in [-0.3, -0.25) is 4.68 Å². The number of benzene rings is 1. The zero-order valence-electron chi connectivity index (χ0n) is 9.88. The molecule has 1 N–H and O–H groups in total. The molecule has 0 saturated carbocycles. The molecule has 0 aliphatic carbocycles. The maximum atomic E-state index is 10.9. The largest absolute Gasteiger partial charge is 0.476 e. The van der Waals surface area contributed by atoms with Gasteiger partial charge in [0.2, 0.25) is 6.79 Å². The van der Waals surface area contributed by atoms with Crippen molar-refractivity contribution >= 4 is 17.6 Å². The number of hydrogen-bond acceptors (Lipinski definition) is 4. The highest BCUT2D eigenvalue weighted by Crippen LogP contribution is 2.43. The van der Waals surface area contributed by atoms with E-state index in [1.807, 2.05) is 0 Å². The molecule has 19 heavy (non-hydrogen) atoms. The van der Waals surface area contributed by atoms with Crippen molar-refractivity contribution in [3.63, 3.8) is 0 Å². The SMILES string of the molecule is Cn1nc(C(=O)O)cc1-c1cc(Cl)cc2c1OCO2. The van der Waals surface area contributed by atoms with Crippen LogP contribution in [-0.4, -0.2) is 27.6 Å². The predicted octanol–water partition coefficient (Wildman–Crippen LogP) is 2.17. The van der Waals surface area contributed by atoms with Crippen LogP contribution in [-0.2, 0) is 7.05 Å². The molecule has 0 unspecified atom stereocenters.